The Morgan fingerprint density at radius 1 is 1.18 bits per heavy atom. The number of rotatable bonds is 8. The number of ether oxygens (including phenoxy) is 2. The van der Waals surface area contributed by atoms with Gasteiger partial charge in [-0.25, -0.2) is 0 Å². The molecule has 1 heterocycles. The van der Waals surface area contributed by atoms with E-state index in [-0.39, 0.29) is 12.7 Å². The Bertz CT molecular complexity index is 549. The molecule has 118 valence electrons. The molecule has 0 bridgehead atoms. The standard InChI is InChI=1S/C18H23NO3/c1-2-3-4-7-12-19-18(20)9-6-5-8-15-10-11-16-17(13-15)22-14-21-16/h5-6,8-11,13H,2-4,7,12,14H2,1H3,(H,19,20). The second-order valence-corrected chi connectivity index (χ2v) is 5.18. The lowest BCUT2D eigenvalue weighted by molar-refractivity contribution is -0.116. The van der Waals surface area contributed by atoms with Crippen LogP contribution in [0, 0.1) is 0 Å². The molecule has 4 heteroatoms. The van der Waals surface area contributed by atoms with Crippen molar-refractivity contribution in [1.29, 1.82) is 0 Å². The molecule has 0 spiro atoms. The lowest BCUT2D eigenvalue weighted by Gasteiger charge is -2.00. The van der Waals surface area contributed by atoms with Gasteiger partial charge in [0.2, 0.25) is 12.7 Å². The van der Waals surface area contributed by atoms with Crippen LogP contribution in [0.25, 0.3) is 6.08 Å². The van der Waals surface area contributed by atoms with Crippen molar-refractivity contribution >= 4 is 12.0 Å². The zero-order valence-corrected chi connectivity index (χ0v) is 13.0. The average Bonchev–Trinajstić information content (AvgIpc) is 2.99. The predicted molar refractivity (Wildman–Crippen MR) is 87.9 cm³/mol. The fourth-order valence-electron chi connectivity index (χ4n) is 2.15. The van der Waals surface area contributed by atoms with Crippen LogP contribution in [-0.4, -0.2) is 19.2 Å². The molecular weight excluding hydrogens is 278 g/mol. The average molecular weight is 301 g/mol. The van der Waals surface area contributed by atoms with Crippen molar-refractivity contribution in [2.45, 2.75) is 32.6 Å². The van der Waals surface area contributed by atoms with Crippen molar-refractivity contribution in [3.63, 3.8) is 0 Å². The predicted octanol–water partition coefficient (Wildman–Crippen LogP) is 3.68. The van der Waals surface area contributed by atoms with Crippen LogP contribution in [0.2, 0.25) is 0 Å². The van der Waals surface area contributed by atoms with Gasteiger partial charge in [-0.1, -0.05) is 50.5 Å². The van der Waals surface area contributed by atoms with E-state index in [1.807, 2.05) is 30.4 Å². The maximum absolute atomic E-state index is 11.6. The maximum atomic E-state index is 11.6. The summed E-state index contributed by atoms with van der Waals surface area (Å²) < 4.78 is 10.6. The lowest BCUT2D eigenvalue weighted by Crippen LogP contribution is -2.21. The van der Waals surface area contributed by atoms with E-state index in [1.165, 1.54) is 19.3 Å². The van der Waals surface area contributed by atoms with Gasteiger partial charge in [0.05, 0.1) is 0 Å². The molecule has 1 aromatic rings. The Morgan fingerprint density at radius 2 is 2.05 bits per heavy atom. The number of carbonyl (C=O) groups excluding carboxylic acids is 1. The Hall–Kier alpha value is -2.23. The van der Waals surface area contributed by atoms with Crippen molar-refractivity contribution in [2.24, 2.45) is 0 Å². The van der Waals surface area contributed by atoms with E-state index in [9.17, 15) is 4.79 Å². The molecule has 2 rings (SSSR count). The van der Waals surface area contributed by atoms with Crippen LogP contribution in [0.3, 0.4) is 0 Å². The van der Waals surface area contributed by atoms with Gasteiger partial charge in [-0.05, 0) is 24.1 Å². The van der Waals surface area contributed by atoms with E-state index in [4.69, 9.17) is 9.47 Å². The molecule has 0 saturated carbocycles. The summed E-state index contributed by atoms with van der Waals surface area (Å²) in [5, 5.41) is 2.88. The zero-order valence-electron chi connectivity index (χ0n) is 13.0. The molecule has 1 aromatic carbocycles. The van der Waals surface area contributed by atoms with Gasteiger partial charge in [-0.3, -0.25) is 4.79 Å². The van der Waals surface area contributed by atoms with Gasteiger partial charge in [0.25, 0.3) is 0 Å². The third-order valence-corrected chi connectivity index (χ3v) is 3.37. The van der Waals surface area contributed by atoms with E-state index >= 15 is 0 Å². The summed E-state index contributed by atoms with van der Waals surface area (Å²) in [5.74, 6) is 1.48. The van der Waals surface area contributed by atoms with E-state index in [0.717, 1.165) is 30.0 Å². The van der Waals surface area contributed by atoms with Crippen molar-refractivity contribution in [1.82, 2.24) is 5.32 Å². The largest absolute Gasteiger partial charge is 0.454 e. The first kappa shape index (κ1) is 16.1. The van der Waals surface area contributed by atoms with Gasteiger partial charge in [-0.2, -0.15) is 0 Å². The van der Waals surface area contributed by atoms with Gasteiger partial charge >= 0.3 is 0 Å². The first-order valence-corrected chi connectivity index (χ1v) is 7.82. The number of unbranched alkanes of at least 4 members (excludes halogenated alkanes) is 3. The third kappa shape index (κ3) is 5.28. The molecule has 0 atom stereocenters. The molecule has 1 N–H and O–H groups in total. The second kappa shape index (κ2) is 8.93. The molecule has 22 heavy (non-hydrogen) atoms. The zero-order chi connectivity index (χ0) is 15.6. The molecule has 1 aliphatic heterocycles. The number of nitrogens with one attached hydrogen (secondary N) is 1. The number of fused-ring (bicyclic) bond motifs is 1. The van der Waals surface area contributed by atoms with Crippen molar-refractivity contribution in [2.75, 3.05) is 13.3 Å². The SMILES string of the molecule is CCCCCCNC(=O)C=CC=Cc1ccc2c(c1)OCO2. The Labute approximate surface area is 131 Å². The Morgan fingerprint density at radius 3 is 2.91 bits per heavy atom. The summed E-state index contributed by atoms with van der Waals surface area (Å²) in [4.78, 5) is 11.6. The smallest absolute Gasteiger partial charge is 0.243 e. The molecule has 0 fully saturated rings. The molecule has 0 aromatic heterocycles. The maximum Gasteiger partial charge on any atom is 0.243 e. The fourth-order valence-corrected chi connectivity index (χ4v) is 2.15. The van der Waals surface area contributed by atoms with Crippen LogP contribution < -0.4 is 14.8 Å². The Balaban J connectivity index is 1.71. The number of allylic oxidation sites excluding steroid dienone is 2. The van der Waals surface area contributed by atoms with E-state index in [0.29, 0.717) is 0 Å². The topological polar surface area (TPSA) is 47.6 Å². The summed E-state index contributed by atoms with van der Waals surface area (Å²) in [6, 6.07) is 5.75. The van der Waals surface area contributed by atoms with Crippen LogP contribution in [0.4, 0.5) is 0 Å². The molecule has 4 nitrogen and oxygen atoms in total. The number of carbonyl (C=O) groups is 1. The number of amides is 1. The normalized spacial score (nSPS) is 13.1. The summed E-state index contributed by atoms with van der Waals surface area (Å²) in [5.41, 5.74) is 1.01. The summed E-state index contributed by atoms with van der Waals surface area (Å²) >= 11 is 0. The highest BCUT2D eigenvalue weighted by Gasteiger charge is 2.11. The van der Waals surface area contributed by atoms with E-state index in [2.05, 4.69) is 12.2 Å². The van der Waals surface area contributed by atoms with Crippen LogP contribution >= 0.6 is 0 Å². The van der Waals surface area contributed by atoms with Crippen LogP contribution in [0.1, 0.15) is 38.2 Å². The minimum absolute atomic E-state index is 0.0492. The van der Waals surface area contributed by atoms with Crippen LogP contribution in [0.15, 0.2) is 36.4 Å². The third-order valence-electron chi connectivity index (χ3n) is 3.37. The monoisotopic (exact) mass is 301 g/mol. The number of hydrogen-bond donors (Lipinski definition) is 1. The minimum atomic E-state index is -0.0492. The number of hydrogen-bond acceptors (Lipinski definition) is 3. The Kier molecular flexibility index (Phi) is 6.55. The van der Waals surface area contributed by atoms with E-state index < -0.39 is 0 Å². The molecule has 1 aliphatic rings. The van der Waals surface area contributed by atoms with Gasteiger partial charge in [-0.15, -0.1) is 0 Å². The van der Waals surface area contributed by atoms with Gasteiger partial charge in [0.1, 0.15) is 0 Å². The molecule has 1 amide bonds. The second-order valence-electron chi connectivity index (χ2n) is 5.18. The quantitative estimate of drug-likeness (QED) is 0.452. The molecular formula is C18H23NO3. The van der Waals surface area contributed by atoms with Crippen LogP contribution in [-0.2, 0) is 4.79 Å². The van der Waals surface area contributed by atoms with Crippen LogP contribution in [0.5, 0.6) is 11.5 Å². The van der Waals surface area contributed by atoms with Crippen molar-refractivity contribution < 1.29 is 14.3 Å². The molecule has 0 unspecified atom stereocenters. The molecule has 0 saturated heterocycles. The minimum Gasteiger partial charge on any atom is -0.454 e. The molecule has 0 aliphatic carbocycles. The number of benzene rings is 1. The highest BCUT2D eigenvalue weighted by Crippen LogP contribution is 2.32. The first-order valence-electron chi connectivity index (χ1n) is 7.82. The van der Waals surface area contributed by atoms with Gasteiger partial charge in [0, 0.05) is 12.6 Å². The first-order chi connectivity index (χ1) is 10.8. The fraction of sp³-hybridized carbons (Fsp3) is 0.389. The lowest BCUT2D eigenvalue weighted by atomic mass is 10.2. The highest BCUT2D eigenvalue weighted by molar-refractivity contribution is 5.87. The van der Waals surface area contributed by atoms with Gasteiger partial charge < -0.3 is 14.8 Å². The summed E-state index contributed by atoms with van der Waals surface area (Å²) in [6.45, 7) is 3.20. The van der Waals surface area contributed by atoms with E-state index in [1.54, 1.807) is 12.2 Å². The molecule has 0 radical (unpaired) electrons. The summed E-state index contributed by atoms with van der Waals surface area (Å²) in [7, 11) is 0. The van der Waals surface area contributed by atoms with Crippen molar-refractivity contribution in [3.05, 3.63) is 42.0 Å². The highest BCUT2D eigenvalue weighted by atomic mass is 16.7. The van der Waals surface area contributed by atoms with Gasteiger partial charge in [0.15, 0.2) is 11.5 Å². The summed E-state index contributed by atoms with van der Waals surface area (Å²) in [6.07, 6.45) is 11.7. The van der Waals surface area contributed by atoms with Crippen molar-refractivity contribution in [3.8, 4) is 11.5 Å².